The van der Waals surface area contributed by atoms with Crippen molar-refractivity contribution in [1.29, 1.82) is 0 Å². The highest BCUT2D eigenvalue weighted by atomic mass is 19.4. The van der Waals surface area contributed by atoms with Crippen LogP contribution in [0.1, 0.15) is 19.4 Å². The van der Waals surface area contributed by atoms with Crippen LogP contribution in [0, 0.1) is 5.92 Å². The minimum Gasteiger partial charge on any atom is -0.312 e. The highest BCUT2D eigenvalue weighted by Crippen LogP contribution is 2.16. The molecule has 0 saturated heterocycles. The quantitative estimate of drug-likeness (QED) is 0.847. The normalized spacial score (nSPS) is 12.4. The predicted molar refractivity (Wildman–Crippen MR) is 54.8 cm³/mol. The fraction of sp³-hybridized carbons (Fsp3) is 0.700. The smallest absolute Gasteiger partial charge is 0.312 e. The van der Waals surface area contributed by atoms with Crippen molar-refractivity contribution in [3.05, 3.63) is 18.0 Å². The lowest BCUT2D eigenvalue weighted by Crippen LogP contribution is -2.19. The van der Waals surface area contributed by atoms with E-state index in [0.717, 1.165) is 16.8 Å². The molecule has 1 aromatic heterocycles. The maximum Gasteiger partial charge on any atom is 0.408 e. The van der Waals surface area contributed by atoms with E-state index in [1.807, 2.05) is 0 Å². The molecular weight excluding hydrogens is 219 g/mol. The molecule has 92 valence electrons. The van der Waals surface area contributed by atoms with Crippen LogP contribution in [0.2, 0.25) is 0 Å². The van der Waals surface area contributed by atoms with E-state index in [1.165, 1.54) is 12.4 Å². The Labute approximate surface area is 92.6 Å². The van der Waals surface area contributed by atoms with Crippen LogP contribution in [0.15, 0.2) is 12.4 Å². The lowest BCUT2D eigenvalue weighted by molar-refractivity contribution is -0.142. The van der Waals surface area contributed by atoms with Crippen LogP contribution < -0.4 is 5.32 Å². The topological polar surface area (TPSA) is 29.9 Å². The first-order chi connectivity index (χ1) is 7.37. The molecule has 1 aromatic rings. The first kappa shape index (κ1) is 13.0. The number of nitrogens with zero attached hydrogens (tertiary/aromatic N) is 2. The highest BCUT2D eigenvalue weighted by Gasteiger charge is 2.28. The number of hydrogen-bond donors (Lipinski definition) is 1. The molecule has 6 heteroatoms. The van der Waals surface area contributed by atoms with Gasteiger partial charge in [0, 0.05) is 18.3 Å². The van der Waals surface area contributed by atoms with E-state index in [0.29, 0.717) is 12.5 Å². The van der Waals surface area contributed by atoms with Gasteiger partial charge in [-0.1, -0.05) is 13.8 Å². The molecule has 0 atom stereocenters. The zero-order chi connectivity index (χ0) is 12.2. The Morgan fingerprint density at radius 3 is 2.69 bits per heavy atom. The molecule has 1 N–H and O–H groups in total. The molecular formula is C10H16F3N3. The van der Waals surface area contributed by atoms with Gasteiger partial charge in [-0.2, -0.15) is 18.3 Å². The van der Waals surface area contributed by atoms with Gasteiger partial charge in [0.05, 0.1) is 6.20 Å². The molecule has 1 heterocycles. The number of halogens is 3. The summed E-state index contributed by atoms with van der Waals surface area (Å²) in [4.78, 5) is 0. The van der Waals surface area contributed by atoms with Crippen LogP contribution in [-0.4, -0.2) is 22.5 Å². The van der Waals surface area contributed by atoms with Gasteiger partial charge in [0.25, 0.3) is 0 Å². The number of nitrogens with one attached hydrogen (secondary N) is 1. The predicted octanol–water partition coefficient (Wildman–Crippen LogP) is 2.19. The van der Waals surface area contributed by atoms with Crippen molar-refractivity contribution in [3.63, 3.8) is 0 Å². The molecule has 0 radical (unpaired) electrons. The molecule has 0 amide bonds. The minimum absolute atomic E-state index is 0.519. The van der Waals surface area contributed by atoms with Gasteiger partial charge in [-0.3, -0.25) is 4.68 Å². The highest BCUT2D eigenvalue weighted by molar-refractivity contribution is 5.03. The average Bonchev–Trinajstić information content (AvgIpc) is 2.48. The van der Waals surface area contributed by atoms with Crippen LogP contribution in [0.25, 0.3) is 0 Å². The van der Waals surface area contributed by atoms with Gasteiger partial charge in [0.1, 0.15) is 6.54 Å². The zero-order valence-corrected chi connectivity index (χ0v) is 9.38. The fourth-order valence-corrected chi connectivity index (χ4v) is 1.27. The summed E-state index contributed by atoms with van der Waals surface area (Å²) in [5.74, 6) is 0.519. The van der Waals surface area contributed by atoms with Crippen LogP contribution in [0.4, 0.5) is 13.2 Å². The van der Waals surface area contributed by atoms with Crippen molar-refractivity contribution >= 4 is 0 Å². The Balaban J connectivity index is 2.40. The van der Waals surface area contributed by atoms with Gasteiger partial charge < -0.3 is 5.32 Å². The van der Waals surface area contributed by atoms with E-state index < -0.39 is 12.7 Å². The van der Waals surface area contributed by atoms with Crippen molar-refractivity contribution in [2.45, 2.75) is 33.1 Å². The molecule has 0 fully saturated rings. The van der Waals surface area contributed by atoms with Gasteiger partial charge in [-0.05, 0) is 12.5 Å². The van der Waals surface area contributed by atoms with E-state index in [-0.39, 0.29) is 0 Å². The lowest BCUT2D eigenvalue weighted by atomic mass is 10.2. The monoisotopic (exact) mass is 235 g/mol. The van der Waals surface area contributed by atoms with Crippen molar-refractivity contribution < 1.29 is 13.2 Å². The maximum atomic E-state index is 12.0. The summed E-state index contributed by atoms with van der Waals surface area (Å²) in [5, 5.41) is 6.80. The summed E-state index contributed by atoms with van der Waals surface area (Å²) >= 11 is 0. The van der Waals surface area contributed by atoms with Gasteiger partial charge >= 0.3 is 6.18 Å². The Hall–Kier alpha value is -1.04. The second-order valence-corrected chi connectivity index (χ2v) is 4.19. The summed E-state index contributed by atoms with van der Waals surface area (Å²) in [7, 11) is 0. The Bertz CT molecular complexity index is 317. The van der Waals surface area contributed by atoms with E-state index in [2.05, 4.69) is 24.3 Å². The molecule has 0 unspecified atom stereocenters. The van der Waals surface area contributed by atoms with E-state index in [1.54, 1.807) is 0 Å². The Morgan fingerprint density at radius 2 is 2.12 bits per heavy atom. The molecule has 3 nitrogen and oxygen atoms in total. The van der Waals surface area contributed by atoms with Crippen LogP contribution >= 0.6 is 0 Å². The molecule has 0 spiro atoms. The van der Waals surface area contributed by atoms with Crippen LogP contribution in [0.3, 0.4) is 0 Å². The number of rotatable bonds is 5. The summed E-state index contributed by atoms with van der Waals surface area (Å²) in [6, 6.07) is 0. The average molecular weight is 235 g/mol. The van der Waals surface area contributed by atoms with Crippen molar-refractivity contribution in [3.8, 4) is 0 Å². The van der Waals surface area contributed by atoms with Crippen LogP contribution in [0.5, 0.6) is 0 Å². The third-order valence-corrected chi connectivity index (χ3v) is 1.91. The van der Waals surface area contributed by atoms with Crippen LogP contribution in [-0.2, 0) is 13.1 Å². The van der Waals surface area contributed by atoms with Gasteiger partial charge in [-0.25, -0.2) is 0 Å². The Morgan fingerprint density at radius 1 is 1.44 bits per heavy atom. The van der Waals surface area contributed by atoms with Crippen molar-refractivity contribution in [1.82, 2.24) is 15.1 Å². The summed E-state index contributed by atoms with van der Waals surface area (Å²) in [5.41, 5.74) is 0.768. The number of alkyl halides is 3. The first-order valence-corrected chi connectivity index (χ1v) is 5.15. The molecule has 16 heavy (non-hydrogen) atoms. The number of hydrogen-bond acceptors (Lipinski definition) is 2. The first-order valence-electron chi connectivity index (χ1n) is 5.15. The molecule has 0 aliphatic heterocycles. The zero-order valence-electron chi connectivity index (χ0n) is 9.38. The maximum absolute atomic E-state index is 12.0. The summed E-state index contributed by atoms with van der Waals surface area (Å²) in [6.45, 7) is 4.50. The van der Waals surface area contributed by atoms with Gasteiger partial charge in [0.2, 0.25) is 0 Å². The second kappa shape index (κ2) is 5.34. The van der Waals surface area contributed by atoms with Crippen molar-refractivity contribution in [2.75, 3.05) is 6.54 Å². The molecule has 1 rings (SSSR count). The van der Waals surface area contributed by atoms with E-state index >= 15 is 0 Å². The van der Waals surface area contributed by atoms with E-state index in [9.17, 15) is 13.2 Å². The third kappa shape index (κ3) is 5.16. The summed E-state index contributed by atoms with van der Waals surface area (Å²) < 4.78 is 37.0. The second-order valence-electron chi connectivity index (χ2n) is 4.19. The standard InChI is InChI=1S/C10H16F3N3/c1-8(2)3-14-4-9-5-15-16(6-9)7-10(11,12)13/h5-6,8,14H,3-4,7H2,1-2H3. The fourth-order valence-electron chi connectivity index (χ4n) is 1.27. The summed E-state index contributed by atoms with van der Waals surface area (Å²) in [6.07, 6.45) is -1.34. The van der Waals surface area contributed by atoms with Crippen molar-refractivity contribution in [2.24, 2.45) is 5.92 Å². The minimum atomic E-state index is -4.21. The Kier molecular flexibility index (Phi) is 4.35. The molecule has 0 aliphatic rings. The largest absolute Gasteiger partial charge is 0.408 e. The van der Waals surface area contributed by atoms with E-state index in [4.69, 9.17) is 0 Å². The van der Waals surface area contributed by atoms with Gasteiger partial charge in [-0.15, -0.1) is 0 Å². The number of aromatic nitrogens is 2. The molecule has 0 saturated carbocycles. The SMILES string of the molecule is CC(C)CNCc1cnn(CC(F)(F)F)c1. The lowest BCUT2D eigenvalue weighted by Gasteiger charge is -2.06. The molecule has 0 aliphatic carbocycles. The van der Waals surface area contributed by atoms with Gasteiger partial charge in [0.15, 0.2) is 0 Å². The molecule has 0 aromatic carbocycles. The molecule has 0 bridgehead atoms. The third-order valence-electron chi connectivity index (χ3n) is 1.91.